The first-order valence-corrected chi connectivity index (χ1v) is 5.51. The zero-order valence-corrected chi connectivity index (χ0v) is 9.17. The first-order chi connectivity index (χ1) is 6.99. The van der Waals surface area contributed by atoms with E-state index >= 15 is 0 Å². The molecule has 1 aliphatic carbocycles. The molecule has 0 aliphatic heterocycles. The summed E-state index contributed by atoms with van der Waals surface area (Å²) < 4.78 is 13.6. The molecule has 0 saturated heterocycles. The van der Waals surface area contributed by atoms with Gasteiger partial charge in [0.25, 0.3) is 0 Å². The maximum Gasteiger partial charge on any atom is 0.113 e. The topological polar surface area (TPSA) is 26.0 Å². The van der Waals surface area contributed by atoms with Crippen molar-refractivity contribution in [2.24, 2.45) is 5.73 Å². The number of rotatable bonds is 4. The number of hydrogen-bond donors (Lipinski definition) is 1. The minimum atomic E-state index is -0.960. The summed E-state index contributed by atoms with van der Waals surface area (Å²) in [6, 6.07) is 10.1. The van der Waals surface area contributed by atoms with Crippen LogP contribution in [0, 0.1) is 0 Å². The molecule has 0 amide bonds. The molecule has 15 heavy (non-hydrogen) atoms. The van der Waals surface area contributed by atoms with Crippen LogP contribution >= 0.6 is 0 Å². The van der Waals surface area contributed by atoms with Gasteiger partial charge in [0, 0.05) is 5.54 Å². The molecule has 0 unspecified atom stereocenters. The van der Waals surface area contributed by atoms with E-state index in [4.69, 9.17) is 5.73 Å². The molecule has 2 heteroatoms. The third-order valence-corrected chi connectivity index (χ3v) is 2.96. The van der Waals surface area contributed by atoms with Crippen LogP contribution in [0.3, 0.4) is 0 Å². The first-order valence-electron chi connectivity index (χ1n) is 5.51. The molecule has 1 atom stereocenters. The Morgan fingerprint density at radius 2 is 1.93 bits per heavy atom. The fourth-order valence-electron chi connectivity index (χ4n) is 2.16. The molecule has 0 heterocycles. The summed E-state index contributed by atoms with van der Waals surface area (Å²) >= 11 is 0. The van der Waals surface area contributed by atoms with E-state index in [-0.39, 0.29) is 0 Å². The van der Waals surface area contributed by atoms with Gasteiger partial charge in [0.1, 0.15) is 5.67 Å². The van der Waals surface area contributed by atoms with Crippen molar-refractivity contribution in [2.75, 3.05) is 0 Å². The van der Waals surface area contributed by atoms with Crippen LogP contribution in [0.4, 0.5) is 4.39 Å². The summed E-state index contributed by atoms with van der Waals surface area (Å²) in [5.74, 6) is 0. The van der Waals surface area contributed by atoms with Crippen LogP contribution in [-0.4, -0.2) is 11.2 Å². The van der Waals surface area contributed by atoms with Crippen LogP contribution < -0.4 is 5.73 Å². The minimum absolute atomic E-state index is 0.424. The van der Waals surface area contributed by atoms with E-state index in [9.17, 15) is 4.39 Å². The van der Waals surface area contributed by atoms with E-state index in [0.717, 1.165) is 6.42 Å². The van der Waals surface area contributed by atoms with Gasteiger partial charge in [-0.15, -0.1) is 0 Å². The Morgan fingerprint density at radius 3 is 2.47 bits per heavy atom. The zero-order valence-electron chi connectivity index (χ0n) is 9.17. The van der Waals surface area contributed by atoms with Gasteiger partial charge in [-0.05, 0) is 38.2 Å². The second kappa shape index (κ2) is 3.60. The molecule has 0 radical (unpaired) electrons. The van der Waals surface area contributed by atoms with Crippen LogP contribution in [0.5, 0.6) is 0 Å². The summed E-state index contributed by atoms with van der Waals surface area (Å²) in [6.07, 6.45) is 2.61. The third kappa shape index (κ3) is 3.03. The Kier molecular flexibility index (Phi) is 2.55. The summed E-state index contributed by atoms with van der Waals surface area (Å²) in [5, 5.41) is 0. The molecule has 1 fully saturated rings. The number of alkyl halides is 1. The summed E-state index contributed by atoms with van der Waals surface area (Å²) in [7, 11) is 0. The SMILES string of the molecule is C[C@@](N)(Cc1ccccc1)CC1(F)CC1. The van der Waals surface area contributed by atoms with Gasteiger partial charge in [-0.3, -0.25) is 0 Å². The van der Waals surface area contributed by atoms with E-state index in [1.165, 1.54) is 5.56 Å². The third-order valence-electron chi connectivity index (χ3n) is 2.96. The molecule has 82 valence electrons. The number of halogens is 1. The molecular formula is C13H18FN. The van der Waals surface area contributed by atoms with Gasteiger partial charge >= 0.3 is 0 Å². The van der Waals surface area contributed by atoms with Crippen molar-refractivity contribution in [3.8, 4) is 0 Å². The Bertz CT molecular complexity index is 328. The number of benzene rings is 1. The number of nitrogens with two attached hydrogens (primary N) is 1. The van der Waals surface area contributed by atoms with Crippen LogP contribution in [0.25, 0.3) is 0 Å². The molecule has 1 aromatic carbocycles. The molecule has 0 aromatic heterocycles. The average molecular weight is 207 g/mol. The van der Waals surface area contributed by atoms with Gasteiger partial charge in [0.15, 0.2) is 0 Å². The molecule has 1 nitrogen and oxygen atoms in total. The second-order valence-electron chi connectivity index (χ2n) is 5.14. The first kappa shape index (κ1) is 10.6. The van der Waals surface area contributed by atoms with E-state index in [1.54, 1.807) is 0 Å². The Balaban J connectivity index is 1.98. The van der Waals surface area contributed by atoms with Crippen molar-refractivity contribution in [1.82, 2.24) is 0 Å². The molecule has 2 rings (SSSR count). The molecule has 0 spiro atoms. The highest BCUT2D eigenvalue weighted by molar-refractivity contribution is 5.18. The lowest BCUT2D eigenvalue weighted by molar-refractivity contribution is 0.229. The van der Waals surface area contributed by atoms with Gasteiger partial charge in [-0.2, -0.15) is 0 Å². The number of hydrogen-bond acceptors (Lipinski definition) is 1. The smallest absolute Gasteiger partial charge is 0.113 e. The molecule has 0 bridgehead atoms. The molecule has 1 aliphatic rings. The van der Waals surface area contributed by atoms with Crippen LogP contribution in [0.2, 0.25) is 0 Å². The van der Waals surface area contributed by atoms with Crippen molar-refractivity contribution in [2.45, 2.75) is 43.8 Å². The maximum absolute atomic E-state index is 13.6. The average Bonchev–Trinajstić information content (AvgIpc) is 2.82. The fourth-order valence-corrected chi connectivity index (χ4v) is 2.16. The summed E-state index contributed by atoms with van der Waals surface area (Å²) in [4.78, 5) is 0. The Morgan fingerprint density at radius 1 is 1.33 bits per heavy atom. The van der Waals surface area contributed by atoms with E-state index in [2.05, 4.69) is 0 Å². The molecular weight excluding hydrogens is 189 g/mol. The van der Waals surface area contributed by atoms with E-state index in [0.29, 0.717) is 19.3 Å². The zero-order chi connectivity index (χ0) is 10.9. The van der Waals surface area contributed by atoms with Crippen LogP contribution in [-0.2, 0) is 6.42 Å². The molecule has 1 saturated carbocycles. The summed E-state index contributed by atoms with van der Waals surface area (Å²) in [6.45, 7) is 1.94. The van der Waals surface area contributed by atoms with Crippen molar-refractivity contribution in [3.63, 3.8) is 0 Å². The second-order valence-corrected chi connectivity index (χ2v) is 5.14. The highest BCUT2D eigenvalue weighted by atomic mass is 19.1. The molecule has 1 aromatic rings. The highest BCUT2D eigenvalue weighted by Crippen LogP contribution is 2.45. The lowest BCUT2D eigenvalue weighted by Gasteiger charge is -2.26. The lowest BCUT2D eigenvalue weighted by atomic mass is 9.88. The van der Waals surface area contributed by atoms with Gasteiger partial charge in [-0.25, -0.2) is 4.39 Å². The molecule has 2 N–H and O–H groups in total. The van der Waals surface area contributed by atoms with Crippen molar-refractivity contribution < 1.29 is 4.39 Å². The van der Waals surface area contributed by atoms with Crippen LogP contribution in [0.1, 0.15) is 31.7 Å². The van der Waals surface area contributed by atoms with Gasteiger partial charge in [-0.1, -0.05) is 30.3 Å². The van der Waals surface area contributed by atoms with Crippen molar-refractivity contribution in [3.05, 3.63) is 35.9 Å². The standard InChI is InChI=1S/C13H18FN/c1-12(15,10-13(14)7-8-13)9-11-5-3-2-4-6-11/h2-6H,7-10,15H2,1H3/t12-/m1/s1. The normalized spacial score (nSPS) is 22.1. The summed E-state index contributed by atoms with van der Waals surface area (Å²) in [5.41, 5.74) is 5.94. The Hall–Kier alpha value is -0.890. The van der Waals surface area contributed by atoms with Crippen molar-refractivity contribution >= 4 is 0 Å². The predicted octanol–water partition coefficient (Wildman–Crippen LogP) is 2.84. The van der Waals surface area contributed by atoms with Crippen LogP contribution in [0.15, 0.2) is 30.3 Å². The maximum atomic E-state index is 13.6. The van der Waals surface area contributed by atoms with Gasteiger partial charge < -0.3 is 5.73 Å². The fraction of sp³-hybridized carbons (Fsp3) is 0.538. The minimum Gasteiger partial charge on any atom is -0.325 e. The highest BCUT2D eigenvalue weighted by Gasteiger charge is 2.47. The monoisotopic (exact) mass is 207 g/mol. The van der Waals surface area contributed by atoms with E-state index in [1.807, 2.05) is 37.3 Å². The van der Waals surface area contributed by atoms with E-state index < -0.39 is 11.2 Å². The Labute approximate surface area is 90.5 Å². The lowest BCUT2D eigenvalue weighted by Crippen LogP contribution is -2.41. The predicted molar refractivity (Wildman–Crippen MR) is 60.4 cm³/mol. The van der Waals surface area contributed by atoms with Crippen molar-refractivity contribution in [1.29, 1.82) is 0 Å². The van der Waals surface area contributed by atoms with Gasteiger partial charge in [0.05, 0.1) is 0 Å². The largest absolute Gasteiger partial charge is 0.325 e. The quantitative estimate of drug-likeness (QED) is 0.807. The van der Waals surface area contributed by atoms with Gasteiger partial charge in [0.2, 0.25) is 0 Å².